The van der Waals surface area contributed by atoms with E-state index in [9.17, 15) is 9.59 Å². The van der Waals surface area contributed by atoms with Crippen LogP contribution in [0.5, 0.6) is 0 Å². The van der Waals surface area contributed by atoms with E-state index < -0.39 is 12.1 Å². The fourth-order valence-corrected chi connectivity index (χ4v) is 2.99. The van der Waals surface area contributed by atoms with E-state index in [1.165, 1.54) is 13.0 Å². The van der Waals surface area contributed by atoms with Gasteiger partial charge in [-0.1, -0.05) is 54.6 Å². The zero-order valence-corrected chi connectivity index (χ0v) is 13.2. The Morgan fingerprint density at radius 2 is 1.62 bits per heavy atom. The number of hydrogen-bond acceptors (Lipinski definition) is 3. The highest BCUT2D eigenvalue weighted by atomic mass is 16.5. The molecule has 0 fully saturated rings. The molecule has 0 bridgehead atoms. The Balaban J connectivity index is 1.76. The van der Waals surface area contributed by atoms with Gasteiger partial charge in [0.2, 0.25) is 0 Å². The van der Waals surface area contributed by atoms with Crippen LogP contribution in [0, 0.1) is 0 Å². The second-order valence-corrected chi connectivity index (χ2v) is 5.46. The summed E-state index contributed by atoms with van der Waals surface area (Å²) in [4.78, 5) is 22.8. The van der Waals surface area contributed by atoms with E-state index in [4.69, 9.17) is 9.84 Å². The molecule has 1 aliphatic carbocycles. The van der Waals surface area contributed by atoms with Crippen LogP contribution in [0.25, 0.3) is 11.1 Å². The van der Waals surface area contributed by atoms with Crippen LogP contribution in [-0.4, -0.2) is 23.8 Å². The normalized spacial score (nSPS) is 13.1. The second-order valence-electron chi connectivity index (χ2n) is 5.46. The number of fused-ring (bicyclic) bond motifs is 3. The van der Waals surface area contributed by atoms with Crippen molar-refractivity contribution in [1.82, 2.24) is 5.32 Å². The second kappa shape index (κ2) is 6.58. The number of rotatable bonds is 4. The van der Waals surface area contributed by atoms with Crippen molar-refractivity contribution < 1.29 is 19.4 Å². The lowest BCUT2D eigenvalue weighted by Crippen LogP contribution is -2.29. The van der Waals surface area contributed by atoms with Crippen molar-refractivity contribution in [3.8, 4) is 11.1 Å². The van der Waals surface area contributed by atoms with Crippen molar-refractivity contribution in [3.63, 3.8) is 0 Å². The average Bonchev–Trinajstić information content (AvgIpc) is 2.91. The molecule has 1 aliphatic rings. The highest BCUT2D eigenvalue weighted by molar-refractivity contribution is 5.90. The van der Waals surface area contributed by atoms with E-state index in [1.54, 1.807) is 0 Å². The van der Waals surface area contributed by atoms with Gasteiger partial charge in [-0.05, 0) is 29.2 Å². The number of carboxylic acids is 1. The number of hydrogen-bond donors (Lipinski definition) is 2. The van der Waals surface area contributed by atoms with Gasteiger partial charge in [-0.3, -0.25) is 5.32 Å². The topological polar surface area (TPSA) is 75.6 Å². The molecule has 3 rings (SSSR count). The van der Waals surface area contributed by atoms with Gasteiger partial charge in [0.05, 0.1) is 0 Å². The summed E-state index contributed by atoms with van der Waals surface area (Å²) >= 11 is 0. The number of carbonyl (C=O) groups is 2. The Morgan fingerprint density at radius 1 is 1.08 bits per heavy atom. The van der Waals surface area contributed by atoms with Gasteiger partial charge in [-0.2, -0.15) is 0 Å². The number of alkyl carbamates (subject to hydrolysis) is 1. The third-order valence-electron chi connectivity index (χ3n) is 4.10. The molecule has 0 unspecified atom stereocenters. The zero-order chi connectivity index (χ0) is 17.1. The van der Waals surface area contributed by atoms with Crippen LogP contribution in [0.3, 0.4) is 0 Å². The van der Waals surface area contributed by atoms with E-state index >= 15 is 0 Å². The number of amides is 1. The number of allylic oxidation sites excluding steroid dienone is 1. The minimum atomic E-state index is -1.20. The number of carboxylic acid groups (broad SMARTS) is 1. The fourth-order valence-electron chi connectivity index (χ4n) is 2.99. The lowest BCUT2D eigenvalue weighted by atomic mass is 9.98. The minimum absolute atomic E-state index is 0.0537. The first-order chi connectivity index (χ1) is 11.6. The van der Waals surface area contributed by atoms with Gasteiger partial charge >= 0.3 is 12.1 Å². The van der Waals surface area contributed by atoms with Gasteiger partial charge in [-0.25, -0.2) is 9.59 Å². The van der Waals surface area contributed by atoms with Crippen LogP contribution in [-0.2, 0) is 9.53 Å². The monoisotopic (exact) mass is 323 g/mol. The molecule has 1 amide bonds. The molecule has 2 aromatic rings. The van der Waals surface area contributed by atoms with Gasteiger partial charge in [0.15, 0.2) is 0 Å². The van der Waals surface area contributed by atoms with Crippen LogP contribution in [0.15, 0.2) is 60.3 Å². The molecular formula is C19H17NO4. The van der Waals surface area contributed by atoms with Crippen molar-refractivity contribution in [3.05, 3.63) is 71.4 Å². The summed E-state index contributed by atoms with van der Waals surface area (Å²) in [5, 5.41) is 11.2. The summed E-state index contributed by atoms with van der Waals surface area (Å²) < 4.78 is 5.27. The summed E-state index contributed by atoms with van der Waals surface area (Å²) in [6, 6.07) is 16.0. The molecule has 24 heavy (non-hydrogen) atoms. The Hall–Kier alpha value is -3.08. The third kappa shape index (κ3) is 2.88. The van der Waals surface area contributed by atoms with Crippen molar-refractivity contribution in [2.75, 3.05) is 6.61 Å². The lowest BCUT2D eigenvalue weighted by Gasteiger charge is -2.14. The summed E-state index contributed by atoms with van der Waals surface area (Å²) in [6.07, 6.45) is 0.538. The quantitative estimate of drug-likeness (QED) is 0.844. The van der Waals surface area contributed by atoms with Gasteiger partial charge in [-0.15, -0.1) is 0 Å². The highest BCUT2D eigenvalue weighted by Gasteiger charge is 2.29. The summed E-state index contributed by atoms with van der Waals surface area (Å²) in [5.74, 6) is -1.26. The van der Waals surface area contributed by atoms with Gasteiger partial charge < -0.3 is 9.84 Å². The number of carbonyl (C=O) groups excluding carboxylic acids is 1. The summed E-state index contributed by atoms with van der Waals surface area (Å²) in [5.41, 5.74) is 4.29. The predicted molar refractivity (Wildman–Crippen MR) is 89.6 cm³/mol. The van der Waals surface area contributed by atoms with Crippen molar-refractivity contribution in [2.45, 2.75) is 12.8 Å². The van der Waals surface area contributed by atoms with Crippen LogP contribution >= 0.6 is 0 Å². The smallest absolute Gasteiger partial charge is 0.411 e. The maximum absolute atomic E-state index is 11.9. The number of aliphatic carboxylic acids is 1. The standard InChI is InChI=1S/C19H17NO4/c1-2-17(18(21)22)20-19(23)24-11-16-14-9-5-3-7-12(14)13-8-4-6-10-15(13)16/h2-10,16H,11H2,1H3,(H,20,23)(H,21,22)/b17-2-. The Kier molecular flexibility index (Phi) is 4.33. The molecule has 0 heterocycles. The molecule has 0 atom stereocenters. The lowest BCUT2D eigenvalue weighted by molar-refractivity contribution is -0.133. The molecule has 0 spiro atoms. The van der Waals surface area contributed by atoms with Crippen molar-refractivity contribution in [1.29, 1.82) is 0 Å². The SMILES string of the molecule is C/C=C(\NC(=O)OCC1c2ccccc2-c2ccccc21)C(=O)O. The largest absolute Gasteiger partial charge is 0.477 e. The molecule has 0 saturated heterocycles. The molecule has 0 saturated carbocycles. The number of ether oxygens (including phenoxy) is 1. The van der Waals surface area contributed by atoms with Crippen LogP contribution in [0.2, 0.25) is 0 Å². The maximum atomic E-state index is 11.9. The van der Waals surface area contributed by atoms with Gasteiger partial charge in [0.1, 0.15) is 12.3 Å². The Labute approximate surface area is 139 Å². The molecule has 0 aromatic heterocycles. The van der Waals surface area contributed by atoms with Crippen LogP contribution in [0.1, 0.15) is 24.0 Å². The van der Waals surface area contributed by atoms with Crippen LogP contribution < -0.4 is 5.32 Å². The Morgan fingerprint density at radius 3 is 2.12 bits per heavy atom. The average molecular weight is 323 g/mol. The molecule has 122 valence electrons. The molecule has 0 radical (unpaired) electrons. The minimum Gasteiger partial charge on any atom is -0.477 e. The number of nitrogens with one attached hydrogen (secondary N) is 1. The predicted octanol–water partition coefficient (Wildman–Crippen LogP) is 3.51. The zero-order valence-electron chi connectivity index (χ0n) is 13.2. The van der Waals surface area contributed by atoms with E-state index in [-0.39, 0.29) is 18.2 Å². The first kappa shape index (κ1) is 15.8. The molecule has 5 nitrogen and oxygen atoms in total. The van der Waals surface area contributed by atoms with Gasteiger partial charge in [0.25, 0.3) is 0 Å². The van der Waals surface area contributed by atoms with Gasteiger partial charge in [0, 0.05) is 5.92 Å². The summed E-state index contributed by atoms with van der Waals surface area (Å²) in [7, 11) is 0. The summed E-state index contributed by atoms with van der Waals surface area (Å²) in [6.45, 7) is 1.68. The highest BCUT2D eigenvalue weighted by Crippen LogP contribution is 2.44. The van der Waals surface area contributed by atoms with Crippen molar-refractivity contribution in [2.24, 2.45) is 0 Å². The Bertz CT molecular complexity index is 780. The van der Waals surface area contributed by atoms with E-state index in [0.29, 0.717) is 0 Å². The molecule has 0 aliphatic heterocycles. The molecule has 2 aromatic carbocycles. The number of benzene rings is 2. The van der Waals surface area contributed by atoms with E-state index in [0.717, 1.165) is 22.3 Å². The first-order valence-corrected chi connectivity index (χ1v) is 7.63. The molecule has 2 N–H and O–H groups in total. The fraction of sp³-hybridized carbons (Fsp3) is 0.158. The van der Waals surface area contributed by atoms with Crippen LogP contribution in [0.4, 0.5) is 4.79 Å². The van der Waals surface area contributed by atoms with Crippen molar-refractivity contribution >= 4 is 12.1 Å². The van der Waals surface area contributed by atoms with E-state index in [2.05, 4.69) is 17.4 Å². The first-order valence-electron chi connectivity index (χ1n) is 7.63. The van der Waals surface area contributed by atoms with E-state index in [1.807, 2.05) is 36.4 Å². The molecular weight excluding hydrogens is 306 g/mol. The third-order valence-corrected chi connectivity index (χ3v) is 4.10. The molecule has 5 heteroatoms. The maximum Gasteiger partial charge on any atom is 0.411 e.